The molecule has 0 bridgehead atoms. The van der Waals surface area contributed by atoms with Gasteiger partial charge < -0.3 is 10.2 Å². The van der Waals surface area contributed by atoms with Gasteiger partial charge >= 0.3 is 6.18 Å². The first-order chi connectivity index (χ1) is 14.8. The zero-order chi connectivity index (χ0) is 22.0. The molecule has 3 aromatic heterocycles. The van der Waals surface area contributed by atoms with Crippen LogP contribution in [-0.4, -0.2) is 43.7 Å². The topological polar surface area (TPSA) is 88.8 Å². The van der Waals surface area contributed by atoms with Crippen molar-refractivity contribution in [1.29, 1.82) is 0 Å². The number of aromatic nitrogens is 5. The number of pyridine rings is 2. The van der Waals surface area contributed by atoms with Gasteiger partial charge in [-0.05, 0) is 31.0 Å². The maximum Gasteiger partial charge on any atom is 0.417 e. The van der Waals surface area contributed by atoms with Crippen LogP contribution in [0.15, 0.2) is 43.2 Å². The van der Waals surface area contributed by atoms with Gasteiger partial charge in [0.05, 0.1) is 16.3 Å². The molecule has 4 heterocycles. The van der Waals surface area contributed by atoms with Crippen molar-refractivity contribution < 1.29 is 18.0 Å². The zero-order valence-electron chi connectivity index (χ0n) is 16.1. The second kappa shape index (κ2) is 8.50. The van der Waals surface area contributed by atoms with Gasteiger partial charge in [0.25, 0.3) is 0 Å². The van der Waals surface area contributed by atoms with Crippen molar-refractivity contribution in [2.24, 2.45) is 5.92 Å². The molecule has 1 aliphatic rings. The molecule has 1 amide bonds. The lowest BCUT2D eigenvalue weighted by atomic mass is 9.95. The lowest BCUT2D eigenvalue weighted by Gasteiger charge is -2.32. The summed E-state index contributed by atoms with van der Waals surface area (Å²) in [5, 5.41) is 6.85. The SMILES string of the molecule is O=C(Nc1cccnc1-n1cncn1)C1CCN(c2ncc(C(F)(F)F)cc2Cl)CC1. The second-order valence-corrected chi connectivity index (χ2v) is 7.40. The monoisotopic (exact) mass is 451 g/mol. The molecular weight excluding hydrogens is 435 g/mol. The first-order valence-electron chi connectivity index (χ1n) is 9.41. The minimum atomic E-state index is -4.50. The van der Waals surface area contributed by atoms with E-state index >= 15 is 0 Å². The largest absolute Gasteiger partial charge is 0.417 e. The van der Waals surface area contributed by atoms with Crippen LogP contribution in [0.4, 0.5) is 24.7 Å². The summed E-state index contributed by atoms with van der Waals surface area (Å²) in [6, 6.07) is 4.30. The predicted octanol–water partition coefficient (Wildman–Crippen LogP) is 3.58. The average Bonchev–Trinajstić information content (AvgIpc) is 3.28. The van der Waals surface area contributed by atoms with Crippen LogP contribution in [0.25, 0.3) is 5.82 Å². The molecule has 1 saturated heterocycles. The Morgan fingerprint density at radius 1 is 1.19 bits per heavy atom. The van der Waals surface area contributed by atoms with Gasteiger partial charge in [-0.3, -0.25) is 4.79 Å². The van der Waals surface area contributed by atoms with Crippen molar-refractivity contribution >= 4 is 29.0 Å². The van der Waals surface area contributed by atoms with Crippen LogP contribution in [0.5, 0.6) is 0 Å². The molecule has 0 radical (unpaired) electrons. The Balaban J connectivity index is 1.40. The third-order valence-corrected chi connectivity index (χ3v) is 5.27. The third-order valence-electron chi connectivity index (χ3n) is 4.99. The maximum absolute atomic E-state index is 12.8. The normalized spacial score (nSPS) is 15.2. The molecule has 162 valence electrons. The Bertz CT molecular complexity index is 1070. The summed E-state index contributed by atoms with van der Waals surface area (Å²) >= 11 is 6.04. The lowest BCUT2D eigenvalue weighted by molar-refractivity contribution is -0.137. The molecule has 4 rings (SSSR count). The molecule has 3 aromatic rings. The fourth-order valence-corrected chi connectivity index (χ4v) is 3.69. The molecule has 0 spiro atoms. The molecule has 12 heteroatoms. The number of carbonyl (C=O) groups excluding carboxylic acids is 1. The van der Waals surface area contributed by atoms with Gasteiger partial charge in [-0.25, -0.2) is 19.6 Å². The molecule has 8 nitrogen and oxygen atoms in total. The fourth-order valence-electron chi connectivity index (χ4n) is 3.40. The van der Waals surface area contributed by atoms with Gasteiger partial charge in [-0.1, -0.05) is 11.6 Å². The van der Waals surface area contributed by atoms with Crippen molar-refractivity contribution in [3.63, 3.8) is 0 Å². The number of piperidine rings is 1. The molecule has 1 fully saturated rings. The number of nitrogens with one attached hydrogen (secondary N) is 1. The van der Waals surface area contributed by atoms with Crippen molar-refractivity contribution in [3.8, 4) is 5.82 Å². The highest BCUT2D eigenvalue weighted by Crippen LogP contribution is 2.34. The maximum atomic E-state index is 12.8. The highest BCUT2D eigenvalue weighted by molar-refractivity contribution is 6.33. The van der Waals surface area contributed by atoms with Crippen LogP contribution in [0.3, 0.4) is 0 Å². The summed E-state index contributed by atoms with van der Waals surface area (Å²) in [7, 11) is 0. The van der Waals surface area contributed by atoms with Crippen LogP contribution in [0, 0.1) is 5.92 Å². The van der Waals surface area contributed by atoms with Crippen LogP contribution in [0.2, 0.25) is 5.02 Å². The molecule has 31 heavy (non-hydrogen) atoms. The number of hydrogen-bond donors (Lipinski definition) is 1. The molecule has 1 N–H and O–H groups in total. The molecular formula is C19H17ClF3N7O. The highest BCUT2D eigenvalue weighted by atomic mass is 35.5. The van der Waals surface area contributed by atoms with E-state index in [1.807, 2.05) is 0 Å². The van der Waals surface area contributed by atoms with E-state index in [1.54, 1.807) is 23.2 Å². The average molecular weight is 452 g/mol. The highest BCUT2D eigenvalue weighted by Gasteiger charge is 2.33. The summed E-state index contributed by atoms with van der Waals surface area (Å²) in [6.45, 7) is 0.887. The van der Waals surface area contributed by atoms with Crippen molar-refractivity contribution in [2.75, 3.05) is 23.3 Å². The molecule has 0 atom stereocenters. The van der Waals surface area contributed by atoms with Crippen LogP contribution < -0.4 is 10.2 Å². The molecule has 0 unspecified atom stereocenters. The number of amides is 1. The van der Waals surface area contributed by atoms with E-state index in [0.717, 1.165) is 12.3 Å². The van der Waals surface area contributed by atoms with E-state index in [1.165, 1.54) is 17.3 Å². The molecule has 0 saturated carbocycles. The summed E-state index contributed by atoms with van der Waals surface area (Å²) in [6.07, 6.45) is 1.72. The summed E-state index contributed by atoms with van der Waals surface area (Å²) < 4.78 is 39.9. The summed E-state index contributed by atoms with van der Waals surface area (Å²) in [5.74, 6) is 0.301. The van der Waals surface area contributed by atoms with Gasteiger partial charge in [0, 0.05) is 31.4 Å². The van der Waals surface area contributed by atoms with Crippen LogP contribution in [-0.2, 0) is 11.0 Å². The Kier molecular flexibility index (Phi) is 5.77. The van der Waals surface area contributed by atoms with Crippen LogP contribution in [0.1, 0.15) is 18.4 Å². The smallest absolute Gasteiger partial charge is 0.355 e. The third kappa shape index (κ3) is 4.61. The van der Waals surface area contributed by atoms with E-state index in [9.17, 15) is 18.0 Å². The zero-order valence-corrected chi connectivity index (χ0v) is 16.8. The van der Waals surface area contributed by atoms with Gasteiger partial charge in [0.15, 0.2) is 5.82 Å². The Labute approximate surface area is 180 Å². The first kappa shape index (κ1) is 21.0. The minimum absolute atomic E-state index is 0.0643. The number of nitrogens with zero attached hydrogens (tertiary/aromatic N) is 6. The van der Waals surface area contributed by atoms with Gasteiger partial charge in [-0.15, -0.1) is 0 Å². The molecule has 1 aliphatic heterocycles. The standard InChI is InChI=1S/C19H17ClF3N7O/c20-14-8-13(19(21,22)23)9-26-16(14)29-6-3-12(4-7-29)18(31)28-15-2-1-5-25-17(15)30-11-24-10-27-30/h1-2,5,8-12H,3-4,6-7H2,(H,28,31). The molecule has 0 aliphatic carbocycles. The minimum Gasteiger partial charge on any atom is -0.355 e. The lowest BCUT2D eigenvalue weighted by Crippen LogP contribution is -2.38. The number of rotatable bonds is 4. The van der Waals surface area contributed by atoms with Crippen molar-refractivity contribution in [2.45, 2.75) is 19.0 Å². The van der Waals surface area contributed by atoms with E-state index in [-0.39, 0.29) is 22.7 Å². The van der Waals surface area contributed by atoms with Gasteiger partial charge in [0.1, 0.15) is 18.5 Å². The number of carbonyl (C=O) groups is 1. The molecule has 0 aromatic carbocycles. The number of alkyl halides is 3. The van der Waals surface area contributed by atoms with Crippen LogP contribution >= 0.6 is 11.6 Å². The number of halogens is 4. The quantitative estimate of drug-likeness (QED) is 0.652. The number of anilines is 2. The second-order valence-electron chi connectivity index (χ2n) is 6.99. The number of hydrogen-bond acceptors (Lipinski definition) is 6. The van der Waals surface area contributed by atoms with Crippen molar-refractivity contribution in [1.82, 2.24) is 24.7 Å². The van der Waals surface area contributed by atoms with E-state index in [2.05, 4.69) is 25.4 Å². The summed E-state index contributed by atoms with van der Waals surface area (Å²) in [4.78, 5) is 26.6. The van der Waals surface area contributed by atoms with Crippen molar-refractivity contribution in [3.05, 3.63) is 53.8 Å². The Hall–Kier alpha value is -3.21. The summed E-state index contributed by atoms with van der Waals surface area (Å²) in [5.41, 5.74) is -0.386. The predicted molar refractivity (Wildman–Crippen MR) is 107 cm³/mol. The van der Waals surface area contributed by atoms with Gasteiger partial charge in [0.2, 0.25) is 5.91 Å². The Morgan fingerprint density at radius 3 is 2.61 bits per heavy atom. The van der Waals surface area contributed by atoms with Gasteiger partial charge in [-0.2, -0.15) is 18.3 Å². The van der Waals surface area contributed by atoms with E-state index in [4.69, 9.17) is 11.6 Å². The first-order valence-corrected chi connectivity index (χ1v) is 9.79. The Morgan fingerprint density at radius 2 is 1.97 bits per heavy atom. The van der Waals surface area contributed by atoms with E-state index in [0.29, 0.717) is 37.4 Å². The fraction of sp³-hybridized carbons (Fsp3) is 0.316. The van der Waals surface area contributed by atoms with E-state index < -0.39 is 11.7 Å².